The number of carbonyl (C=O) groups is 4. The molecule has 0 aliphatic carbocycles. The Morgan fingerprint density at radius 2 is 1.69 bits per heavy atom. The van der Waals surface area contributed by atoms with Crippen molar-refractivity contribution in [1.82, 2.24) is 10.2 Å². The SMILES string of the molecule is O=C(O)C1CN(c2ccc(N3CCNC3=O)cc2)C(=O)N(Cc2cccc(Cl)c2Cl)C1=O. The van der Waals surface area contributed by atoms with Crippen LogP contribution < -0.4 is 15.1 Å². The van der Waals surface area contributed by atoms with Crippen LogP contribution in [0.15, 0.2) is 42.5 Å². The average Bonchev–Trinajstić information content (AvgIpc) is 3.20. The van der Waals surface area contributed by atoms with E-state index in [-0.39, 0.29) is 29.2 Å². The molecule has 5 amide bonds. The maximum atomic E-state index is 13.2. The Kier molecular flexibility index (Phi) is 5.94. The number of carboxylic acids is 1. The quantitative estimate of drug-likeness (QED) is 0.643. The van der Waals surface area contributed by atoms with Gasteiger partial charge in [0.25, 0.3) is 0 Å². The van der Waals surface area contributed by atoms with Gasteiger partial charge in [0, 0.05) is 31.0 Å². The molecule has 2 N–H and O–H groups in total. The van der Waals surface area contributed by atoms with Gasteiger partial charge < -0.3 is 10.4 Å². The molecule has 9 nitrogen and oxygen atoms in total. The van der Waals surface area contributed by atoms with Crippen LogP contribution in [0.4, 0.5) is 21.0 Å². The number of urea groups is 2. The highest BCUT2D eigenvalue weighted by atomic mass is 35.5. The molecule has 2 aliphatic rings. The number of carbonyl (C=O) groups excluding carboxylic acids is 3. The van der Waals surface area contributed by atoms with Crippen molar-refractivity contribution in [2.24, 2.45) is 5.92 Å². The number of nitrogens with zero attached hydrogens (tertiary/aromatic N) is 3. The number of amides is 5. The van der Waals surface area contributed by atoms with E-state index in [2.05, 4.69) is 5.32 Å². The highest BCUT2D eigenvalue weighted by molar-refractivity contribution is 6.42. The summed E-state index contributed by atoms with van der Waals surface area (Å²) in [4.78, 5) is 53.2. The van der Waals surface area contributed by atoms with Crippen molar-refractivity contribution in [1.29, 1.82) is 0 Å². The van der Waals surface area contributed by atoms with Crippen LogP contribution in [-0.4, -0.2) is 53.6 Å². The summed E-state index contributed by atoms with van der Waals surface area (Å²) in [5.74, 6) is -3.59. The Bertz CT molecular complexity index is 1110. The molecular formula is C21H18Cl2N4O5. The molecule has 1 unspecified atom stereocenters. The molecule has 2 heterocycles. The number of carboxylic acid groups (broad SMARTS) is 1. The molecule has 166 valence electrons. The van der Waals surface area contributed by atoms with Crippen molar-refractivity contribution in [3.63, 3.8) is 0 Å². The van der Waals surface area contributed by atoms with Gasteiger partial charge in [0.2, 0.25) is 5.91 Å². The summed E-state index contributed by atoms with van der Waals surface area (Å²) in [6, 6.07) is 10.5. The van der Waals surface area contributed by atoms with Crippen LogP contribution in [-0.2, 0) is 16.1 Å². The molecule has 0 bridgehead atoms. The fourth-order valence-electron chi connectivity index (χ4n) is 3.68. The number of benzene rings is 2. The predicted molar refractivity (Wildman–Crippen MR) is 118 cm³/mol. The lowest BCUT2D eigenvalue weighted by Gasteiger charge is -2.37. The van der Waals surface area contributed by atoms with Crippen molar-refractivity contribution < 1.29 is 24.3 Å². The van der Waals surface area contributed by atoms with Gasteiger partial charge in [-0.15, -0.1) is 0 Å². The minimum atomic E-state index is -1.44. The summed E-state index contributed by atoms with van der Waals surface area (Å²) < 4.78 is 0. The van der Waals surface area contributed by atoms with Gasteiger partial charge in [-0.1, -0.05) is 35.3 Å². The van der Waals surface area contributed by atoms with E-state index in [0.717, 1.165) is 4.90 Å². The van der Waals surface area contributed by atoms with Gasteiger partial charge in [0.1, 0.15) is 0 Å². The zero-order chi connectivity index (χ0) is 23.0. The van der Waals surface area contributed by atoms with Gasteiger partial charge in [0.15, 0.2) is 5.92 Å². The summed E-state index contributed by atoms with van der Waals surface area (Å²) in [6.07, 6.45) is 0. The van der Waals surface area contributed by atoms with E-state index in [1.165, 1.54) is 4.90 Å². The first-order valence-corrected chi connectivity index (χ1v) is 10.5. The van der Waals surface area contributed by atoms with E-state index in [0.29, 0.717) is 30.0 Å². The lowest BCUT2D eigenvalue weighted by Crippen LogP contribution is -2.58. The summed E-state index contributed by atoms with van der Waals surface area (Å²) in [7, 11) is 0. The highest BCUT2D eigenvalue weighted by Gasteiger charge is 2.43. The molecule has 2 saturated heterocycles. The van der Waals surface area contributed by atoms with Gasteiger partial charge in [-0.25, -0.2) is 9.59 Å². The topological polar surface area (TPSA) is 110 Å². The molecule has 11 heteroatoms. The van der Waals surface area contributed by atoms with E-state index in [1.54, 1.807) is 47.4 Å². The lowest BCUT2D eigenvalue weighted by molar-refractivity contribution is -0.150. The number of hydrogen-bond acceptors (Lipinski definition) is 4. The first kappa shape index (κ1) is 21.9. The first-order chi connectivity index (χ1) is 15.3. The number of hydrogen-bond donors (Lipinski definition) is 2. The van der Waals surface area contributed by atoms with Crippen molar-refractivity contribution in [3.8, 4) is 0 Å². The molecule has 1 atom stereocenters. The maximum absolute atomic E-state index is 13.2. The third-order valence-electron chi connectivity index (χ3n) is 5.38. The first-order valence-electron chi connectivity index (χ1n) is 9.72. The number of aliphatic carboxylic acids is 1. The van der Waals surface area contributed by atoms with Gasteiger partial charge >= 0.3 is 18.0 Å². The third-order valence-corrected chi connectivity index (χ3v) is 6.24. The lowest BCUT2D eigenvalue weighted by atomic mass is 10.0. The van der Waals surface area contributed by atoms with Gasteiger partial charge in [-0.3, -0.25) is 24.3 Å². The molecule has 0 aromatic heterocycles. The van der Waals surface area contributed by atoms with Gasteiger partial charge in [0.05, 0.1) is 16.6 Å². The molecule has 0 spiro atoms. The molecular weight excluding hydrogens is 459 g/mol. The van der Waals surface area contributed by atoms with E-state index >= 15 is 0 Å². The number of nitrogens with one attached hydrogen (secondary N) is 1. The van der Waals surface area contributed by atoms with Crippen molar-refractivity contribution in [3.05, 3.63) is 58.1 Å². The second kappa shape index (κ2) is 8.68. The minimum absolute atomic E-state index is 0.187. The second-order valence-corrected chi connectivity index (χ2v) is 8.11. The fraction of sp³-hybridized carbons (Fsp3) is 0.238. The third kappa shape index (κ3) is 3.96. The van der Waals surface area contributed by atoms with Crippen LogP contribution in [0.25, 0.3) is 0 Å². The number of rotatable bonds is 5. The molecule has 4 rings (SSSR count). The highest BCUT2D eigenvalue weighted by Crippen LogP contribution is 2.31. The summed E-state index contributed by atoms with van der Waals surface area (Å²) >= 11 is 12.2. The molecule has 0 saturated carbocycles. The van der Waals surface area contributed by atoms with Crippen LogP contribution in [0, 0.1) is 5.92 Å². The zero-order valence-corrected chi connectivity index (χ0v) is 18.1. The van der Waals surface area contributed by atoms with Crippen LogP contribution in [0.2, 0.25) is 10.0 Å². The van der Waals surface area contributed by atoms with E-state index in [4.69, 9.17) is 23.2 Å². The monoisotopic (exact) mass is 476 g/mol. The van der Waals surface area contributed by atoms with E-state index in [9.17, 15) is 24.3 Å². The average molecular weight is 477 g/mol. The standard InChI is InChI=1S/C21H18Cl2N4O5/c22-16-3-1-2-12(17(16)23)10-27-18(28)15(19(29)30)11-26(21(27)32)14-6-4-13(5-7-14)25-9-8-24-20(25)31/h1-7,15H,8-11H2,(H,24,31)(H,29,30). The van der Waals surface area contributed by atoms with Crippen LogP contribution in [0.1, 0.15) is 5.56 Å². The molecule has 2 fully saturated rings. The number of anilines is 2. The molecule has 2 aromatic carbocycles. The Morgan fingerprint density at radius 1 is 1.03 bits per heavy atom. The van der Waals surface area contributed by atoms with Gasteiger partial charge in [-0.05, 0) is 35.9 Å². The Morgan fingerprint density at radius 3 is 2.28 bits per heavy atom. The predicted octanol–water partition coefficient (Wildman–Crippen LogP) is 3.19. The Hall–Kier alpha value is -3.30. The maximum Gasteiger partial charge on any atom is 0.331 e. The number of imide groups is 1. The molecule has 32 heavy (non-hydrogen) atoms. The Labute approximate surface area is 193 Å². The second-order valence-electron chi connectivity index (χ2n) is 7.32. The van der Waals surface area contributed by atoms with E-state index < -0.39 is 23.8 Å². The zero-order valence-electron chi connectivity index (χ0n) is 16.6. The van der Waals surface area contributed by atoms with E-state index in [1.807, 2.05) is 0 Å². The molecule has 0 radical (unpaired) electrons. The summed E-state index contributed by atoms with van der Waals surface area (Å²) in [5, 5.41) is 12.7. The van der Waals surface area contributed by atoms with Crippen LogP contribution >= 0.6 is 23.2 Å². The Balaban J connectivity index is 1.64. The molecule has 2 aromatic rings. The van der Waals surface area contributed by atoms with Crippen LogP contribution in [0.5, 0.6) is 0 Å². The van der Waals surface area contributed by atoms with Crippen molar-refractivity contribution in [2.75, 3.05) is 29.4 Å². The fourth-order valence-corrected chi connectivity index (χ4v) is 4.06. The minimum Gasteiger partial charge on any atom is -0.481 e. The largest absolute Gasteiger partial charge is 0.481 e. The van der Waals surface area contributed by atoms with Crippen molar-refractivity contribution in [2.45, 2.75) is 6.54 Å². The summed E-state index contributed by atoms with van der Waals surface area (Å²) in [6.45, 7) is 0.527. The number of halogens is 2. The van der Waals surface area contributed by atoms with Crippen molar-refractivity contribution >= 4 is 58.5 Å². The summed E-state index contributed by atoms with van der Waals surface area (Å²) in [5.41, 5.74) is 1.46. The smallest absolute Gasteiger partial charge is 0.331 e. The normalized spacial score (nSPS) is 18.9. The van der Waals surface area contributed by atoms with Crippen LogP contribution in [0.3, 0.4) is 0 Å². The van der Waals surface area contributed by atoms with Gasteiger partial charge in [-0.2, -0.15) is 0 Å². The molecule has 2 aliphatic heterocycles.